The molecule has 0 saturated heterocycles. The lowest BCUT2D eigenvalue weighted by molar-refractivity contribution is -0.119. The Hall–Kier alpha value is -3.28. The van der Waals surface area contributed by atoms with Crippen molar-refractivity contribution in [1.82, 2.24) is 4.98 Å². The zero-order valence-electron chi connectivity index (χ0n) is 15.9. The fourth-order valence-corrected chi connectivity index (χ4v) is 3.73. The quantitative estimate of drug-likeness (QED) is 0.527. The lowest BCUT2D eigenvalue weighted by Crippen LogP contribution is -2.22. The summed E-state index contributed by atoms with van der Waals surface area (Å²) in [6.07, 6.45) is 4.71. The van der Waals surface area contributed by atoms with E-state index in [1.165, 1.54) is 18.2 Å². The van der Waals surface area contributed by atoms with Gasteiger partial charge < -0.3 is 10.1 Å². The van der Waals surface area contributed by atoms with Crippen LogP contribution in [0.4, 0.5) is 10.1 Å². The number of carbonyl (C=O) groups is 2. The van der Waals surface area contributed by atoms with Crippen LogP contribution in [-0.4, -0.2) is 23.5 Å². The third kappa shape index (κ3) is 4.11. The fraction of sp³-hybridized carbons (Fsp3) is 0.261. The van der Waals surface area contributed by atoms with Gasteiger partial charge in [-0.25, -0.2) is 9.18 Å². The number of halogens is 1. The van der Waals surface area contributed by atoms with E-state index in [1.807, 2.05) is 24.3 Å². The van der Waals surface area contributed by atoms with Crippen LogP contribution in [0.15, 0.2) is 48.5 Å². The number of rotatable bonds is 4. The maximum absolute atomic E-state index is 13.7. The van der Waals surface area contributed by atoms with Gasteiger partial charge in [-0.3, -0.25) is 9.78 Å². The lowest BCUT2D eigenvalue weighted by Gasteiger charge is -2.15. The topological polar surface area (TPSA) is 68.3 Å². The summed E-state index contributed by atoms with van der Waals surface area (Å²) in [7, 11) is 0. The predicted molar refractivity (Wildman–Crippen MR) is 108 cm³/mol. The van der Waals surface area contributed by atoms with E-state index in [0.29, 0.717) is 5.56 Å². The summed E-state index contributed by atoms with van der Waals surface area (Å²) in [6.45, 7) is -0.488. The highest BCUT2D eigenvalue weighted by molar-refractivity contribution is 6.06. The molecular weight excluding hydrogens is 371 g/mol. The van der Waals surface area contributed by atoms with E-state index in [1.54, 1.807) is 6.07 Å². The molecule has 0 radical (unpaired) electrons. The number of benzene rings is 2. The second-order valence-corrected chi connectivity index (χ2v) is 7.09. The Balaban J connectivity index is 1.57. The first-order valence-electron chi connectivity index (χ1n) is 9.75. The highest BCUT2D eigenvalue weighted by Gasteiger charge is 2.23. The molecule has 29 heavy (non-hydrogen) atoms. The number of ether oxygens (including phenoxy) is 1. The molecule has 5 nitrogen and oxygen atoms in total. The highest BCUT2D eigenvalue weighted by Crippen LogP contribution is 2.29. The first-order chi connectivity index (χ1) is 14.1. The molecule has 0 aliphatic heterocycles. The van der Waals surface area contributed by atoms with Gasteiger partial charge in [-0.2, -0.15) is 0 Å². The van der Waals surface area contributed by atoms with Crippen LogP contribution in [0, 0.1) is 5.82 Å². The molecule has 1 aliphatic carbocycles. The van der Waals surface area contributed by atoms with Crippen molar-refractivity contribution in [2.75, 3.05) is 11.9 Å². The molecule has 0 saturated carbocycles. The minimum atomic E-state index is -0.590. The average Bonchev–Trinajstić information content (AvgIpc) is 2.97. The molecule has 0 atom stereocenters. The minimum Gasteiger partial charge on any atom is -0.452 e. The molecule has 148 valence electrons. The van der Waals surface area contributed by atoms with Crippen LogP contribution < -0.4 is 5.32 Å². The van der Waals surface area contributed by atoms with Crippen molar-refractivity contribution in [3.8, 4) is 0 Å². The monoisotopic (exact) mass is 392 g/mol. The molecule has 3 aromatic rings. The summed E-state index contributed by atoms with van der Waals surface area (Å²) in [5, 5.41) is 3.15. The van der Waals surface area contributed by atoms with Gasteiger partial charge in [0.25, 0.3) is 5.91 Å². The maximum Gasteiger partial charge on any atom is 0.339 e. The first kappa shape index (κ1) is 19.1. The number of nitrogens with zero attached hydrogens (tertiary/aromatic N) is 1. The summed E-state index contributed by atoms with van der Waals surface area (Å²) in [4.78, 5) is 29.9. The molecular formula is C23H21FN2O3. The molecule has 1 aliphatic rings. The smallest absolute Gasteiger partial charge is 0.339 e. The van der Waals surface area contributed by atoms with Crippen LogP contribution in [0.2, 0.25) is 0 Å². The third-order valence-corrected chi connectivity index (χ3v) is 5.11. The van der Waals surface area contributed by atoms with Gasteiger partial charge in [-0.1, -0.05) is 36.8 Å². The van der Waals surface area contributed by atoms with Crippen molar-refractivity contribution in [3.05, 3.63) is 71.2 Å². The zero-order chi connectivity index (χ0) is 20.2. The molecule has 1 aromatic heterocycles. The zero-order valence-corrected chi connectivity index (χ0v) is 15.9. The minimum absolute atomic E-state index is 0.0526. The molecule has 0 spiro atoms. The van der Waals surface area contributed by atoms with Crippen LogP contribution in [0.1, 0.15) is 40.9 Å². The summed E-state index contributed by atoms with van der Waals surface area (Å²) in [5.74, 6) is -1.68. The molecule has 4 rings (SSSR count). The standard InChI is InChI=1S/C23H21FN2O3/c24-17-10-5-7-13-20(17)26-21(27)14-29-23(28)22-15-8-2-1-3-11-18(15)25-19-12-6-4-9-16(19)22/h4-7,9-10,12-13H,1-3,8,11,14H2,(H,26,27). The van der Waals surface area contributed by atoms with Gasteiger partial charge in [0.1, 0.15) is 5.82 Å². The molecule has 0 fully saturated rings. The molecule has 1 N–H and O–H groups in total. The number of para-hydroxylation sites is 2. The molecule has 2 aromatic carbocycles. The van der Waals surface area contributed by atoms with E-state index >= 15 is 0 Å². The Bertz CT molecular complexity index is 1080. The van der Waals surface area contributed by atoms with Crippen molar-refractivity contribution in [3.63, 3.8) is 0 Å². The van der Waals surface area contributed by atoms with E-state index in [4.69, 9.17) is 9.72 Å². The number of amides is 1. The average molecular weight is 392 g/mol. The molecule has 1 heterocycles. The number of pyridine rings is 1. The number of aromatic nitrogens is 1. The van der Waals surface area contributed by atoms with Crippen molar-refractivity contribution in [2.45, 2.75) is 32.1 Å². The van der Waals surface area contributed by atoms with E-state index in [0.717, 1.165) is 54.3 Å². The molecule has 1 amide bonds. The van der Waals surface area contributed by atoms with E-state index in [2.05, 4.69) is 5.32 Å². The van der Waals surface area contributed by atoms with Crippen LogP contribution in [-0.2, 0) is 22.4 Å². The summed E-state index contributed by atoms with van der Waals surface area (Å²) in [5.41, 5.74) is 3.14. The lowest BCUT2D eigenvalue weighted by atomic mass is 9.97. The Morgan fingerprint density at radius 1 is 1.00 bits per heavy atom. The van der Waals surface area contributed by atoms with Crippen LogP contribution in [0.3, 0.4) is 0 Å². The summed E-state index contributed by atoms with van der Waals surface area (Å²) in [6, 6.07) is 13.3. The van der Waals surface area contributed by atoms with E-state index in [-0.39, 0.29) is 5.69 Å². The van der Waals surface area contributed by atoms with Crippen LogP contribution >= 0.6 is 0 Å². The largest absolute Gasteiger partial charge is 0.452 e. The van der Waals surface area contributed by atoms with Gasteiger partial charge >= 0.3 is 5.97 Å². The van der Waals surface area contributed by atoms with E-state index < -0.39 is 24.3 Å². The van der Waals surface area contributed by atoms with Gasteiger partial charge in [0.15, 0.2) is 6.61 Å². The number of fused-ring (bicyclic) bond motifs is 2. The first-order valence-corrected chi connectivity index (χ1v) is 9.75. The van der Waals surface area contributed by atoms with Crippen molar-refractivity contribution >= 4 is 28.5 Å². The van der Waals surface area contributed by atoms with Crippen molar-refractivity contribution in [1.29, 1.82) is 0 Å². The van der Waals surface area contributed by atoms with Gasteiger partial charge in [0.05, 0.1) is 16.8 Å². The number of aryl methyl sites for hydroxylation is 1. The number of hydrogen-bond acceptors (Lipinski definition) is 4. The second-order valence-electron chi connectivity index (χ2n) is 7.09. The number of hydrogen-bond donors (Lipinski definition) is 1. The molecule has 6 heteroatoms. The maximum atomic E-state index is 13.7. The van der Waals surface area contributed by atoms with Gasteiger partial charge in [-0.15, -0.1) is 0 Å². The Kier molecular flexibility index (Phi) is 5.51. The van der Waals surface area contributed by atoms with Crippen molar-refractivity contribution in [2.24, 2.45) is 0 Å². The van der Waals surface area contributed by atoms with Crippen molar-refractivity contribution < 1.29 is 18.7 Å². The summed E-state index contributed by atoms with van der Waals surface area (Å²) >= 11 is 0. The van der Waals surface area contributed by atoms with Crippen LogP contribution in [0.5, 0.6) is 0 Å². The fourth-order valence-electron chi connectivity index (χ4n) is 3.73. The Morgan fingerprint density at radius 3 is 2.62 bits per heavy atom. The SMILES string of the molecule is O=C(COC(=O)c1c2c(nc3ccccc13)CCCCC2)Nc1ccccc1F. The molecule has 0 bridgehead atoms. The number of carbonyl (C=O) groups excluding carboxylic acids is 2. The predicted octanol–water partition coefficient (Wildman–Crippen LogP) is 4.44. The van der Waals surface area contributed by atoms with Gasteiger partial charge in [0, 0.05) is 11.1 Å². The van der Waals surface area contributed by atoms with Gasteiger partial charge in [-0.05, 0) is 49.4 Å². The number of anilines is 1. The number of esters is 1. The Morgan fingerprint density at radius 2 is 1.76 bits per heavy atom. The van der Waals surface area contributed by atoms with E-state index in [9.17, 15) is 14.0 Å². The molecule has 0 unspecified atom stereocenters. The normalized spacial score (nSPS) is 13.4. The number of nitrogens with one attached hydrogen (secondary N) is 1. The highest BCUT2D eigenvalue weighted by atomic mass is 19.1. The summed E-state index contributed by atoms with van der Waals surface area (Å²) < 4.78 is 19.0. The second kappa shape index (κ2) is 8.39. The van der Waals surface area contributed by atoms with Gasteiger partial charge in [0.2, 0.25) is 0 Å². The Labute approximate surface area is 167 Å². The third-order valence-electron chi connectivity index (χ3n) is 5.11. The van der Waals surface area contributed by atoms with Crippen LogP contribution in [0.25, 0.3) is 10.9 Å².